The molecule has 1 aromatic carbocycles. The quantitative estimate of drug-likeness (QED) is 0.541. The fourth-order valence-electron chi connectivity index (χ4n) is 1.48. The van der Waals surface area contributed by atoms with Crippen LogP contribution in [0.25, 0.3) is 0 Å². The first-order valence-corrected chi connectivity index (χ1v) is 4.79. The number of allylic oxidation sites excluding steroid dienone is 1. The highest BCUT2D eigenvalue weighted by molar-refractivity contribution is 5.52. The molecule has 0 unspecified atom stereocenters. The van der Waals surface area contributed by atoms with Crippen LogP contribution in [0.2, 0.25) is 0 Å². The molecule has 0 aliphatic heterocycles. The molecule has 0 radical (unpaired) electrons. The predicted octanol–water partition coefficient (Wildman–Crippen LogP) is 3.25. The zero-order valence-electron chi connectivity index (χ0n) is 9.25. The summed E-state index contributed by atoms with van der Waals surface area (Å²) in [6, 6.07) is 4.02. The van der Waals surface area contributed by atoms with Gasteiger partial charge in [-0.1, -0.05) is 24.8 Å². The minimum Gasteiger partial charge on any atom is -0.493 e. The van der Waals surface area contributed by atoms with Crippen molar-refractivity contribution in [2.45, 2.75) is 13.3 Å². The Morgan fingerprint density at radius 1 is 1.27 bits per heavy atom. The molecule has 0 fully saturated rings. The summed E-state index contributed by atoms with van der Waals surface area (Å²) in [5.74, 6) is 1.49. The molecule has 0 bridgehead atoms. The van der Waals surface area contributed by atoms with Crippen molar-refractivity contribution in [1.82, 2.24) is 0 Å². The summed E-state index contributed by atoms with van der Waals surface area (Å²) in [6.07, 6.45) is 3.99. The molecule has 1 aromatic rings. The zero-order chi connectivity index (χ0) is 11.3. The number of hydrogen-bond acceptors (Lipinski definition) is 2. The first-order chi connectivity index (χ1) is 7.24. The van der Waals surface area contributed by atoms with Crippen molar-refractivity contribution < 1.29 is 9.47 Å². The first kappa shape index (κ1) is 11.4. The van der Waals surface area contributed by atoms with E-state index in [0.717, 1.165) is 29.0 Å². The first-order valence-electron chi connectivity index (χ1n) is 4.79. The molecule has 2 heteroatoms. The minimum atomic E-state index is 0.729. The molecular formula is C13H16O2. The number of methoxy groups -OCH3 is 1. The number of aryl methyl sites for hydroxylation is 1. The monoisotopic (exact) mass is 204 g/mol. The van der Waals surface area contributed by atoms with Crippen LogP contribution in [-0.4, -0.2) is 7.11 Å². The summed E-state index contributed by atoms with van der Waals surface area (Å²) in [5.41, 5.74) is 2.09. The molecule has 0 atom stereocenters. The summed E-state index contributed by atoms with van der Waals surface area (Å²) in [6.45, 7) is 9.25. The third-order valence-corrected chi connectivity index (χ3v) is 2.16. The summed E-state index contributed by atoms with van der Waals surface area (Å²) in [5, 5.41) is 0. The molecule has 0 N–H and O–H groups in total. The smallest absolute Gasteiger partial charge is 0.172 e. The summed E-state index contributed by atoms with van der Waals surface area (Å²) in [4.78, 5) is 0. The van der Waals surface area contributed by atoms with Crippen LogP contribution >= 0.6 is 0 Å². The van der Waals surface area contributed by atoms with Crippen molar-refractivity contribution in [2.75, 3.05) is 7.11 Å². The van der Waals surface area contributed by atoms with Crippen LogP contribution in [0.15, 0.2) is 37.6 Å². The van der Waals surface area contributed by atoms with Crippen molar-refractivity contribution in [1.29, 1.82) is 0 Å². The van der Waals surface area contributed by atoms with Gasteiger partial charge in [-0.05, 0) is 18.9 Å². The molecule has 15 heavy (non-hydrogen) atoms. The number of benzene rings is 1. The molecule has 0 heterocycles. The average Bonchev–Trinajstić information content (AvgIpc) is 2.23. The van der Waals surface area contributed by atoms with E-state index in [1.165, 1.54) is 6.26 Å². The summed E-state index contributed by atoms with van der Waals surface area (Å²) >= 11 is 0. The van der Waals surface area contributed by atoms with Gasteiger partial charge in [0.25, 0.3) is 0 Å². The molecule has 0 saturated carbocycles. The second-order valence-corrected chi connectivity index (χ2v) is 3.18. The molecule has 0 aliphatic carbocycles. The maximum absolute atomic E-state index is 5.38. The molecular weight excluding hydrogens is 188 g/mol. The van der Waals surface area contributed by atoms with Gasteiger partial charge < -0.3 is 9.47 Å². The van der Waals surface area contributed by atoms with Gasteiger partial charge in [0, 0.05) is 5.56 Å². The SMILES string of the molecule is C=CCc1ccc(C)c(OC)c1OC=C. The molecule has 0 amide bonds. The Morgan fingerprint density at radius 2 is 2.00 bits per heavy atom. The predicted molar refractivity (Wildman–Crippen MR) is 62.5 cm³/mol. The van der Waals surface area contributed by atoms with Gasteiger partial charge in [0.05, 0.1) is 13.4 Å². The lowest BCUT2D eigenvalue weighted by Crippen LogP contribution is -1.96. The van der Waals surface area contributed by atoms with E-state index in [0.29, 0.717) is 0 Å². The van der Waals surface area contributed by atoms with E-state index < -0.39 is 0 Å². The Morgan fingerprint density at radius 3 is 2.53 bits per heavy atom. The normalized spacial score (nSPS) is 9.47. The summed E-state index contributed by atoms with van der Waals surface area (Å²) in [7, 11) is 1.63. The van der Waals surface area contributed by atoms with E-state index in [-0.39, 0.29) is 0 Å². The van der Waals surface area contributed by atoms with Gasteiger partial charge in [-0.2, -0.15) is 0 Å². The molecule has 0 aliphatic rings. The molecule has 0 spiro atoms. The van der Waals surface area contributed by atoms with Crippen molar-refractivity contribution >= 4 is 0 Å². The highest BCUT2D eigenvalue weighted by atomic mass is 16.5. The van der Waals surface area contributed by atoms with E-state index in [1.54, 1.807) is 7.11 Å². The fourth-order valence-corrected chi connectivity index (χ4v) is 1.48. The summed E-state index contributed by atoms with van der Waals surface area (Å²) < 4.78 is 10.7. The van der Waals surface area contributed by atoms with E-state index in [4.69, 9.17) is 9.47 Å². The highest BCUT2D eigenvalue weighted by Gasteiger charge is 2.11. The lowest BCUT2D eigenvalue weighted by Gasteiger charge is -2.13. The fraction of sp³-hybridized carbons (Fsp3) is 0.231. The standard InChI is InChI=1S/C13H16O2/c1-5-7-11-9-8-10(3)12(14-4)13(11)15-6-2/h5-6,8-9H,1-2,7H2,3-4H3. The third kappa shape index (κ3) is 2.40. The van der Waals surface area contributed by atoms with E-state index in [2.05, 4.69) is 13.2 Å². The maximum atomic E-state index is 5.38. The Kier molecular flexibility index (Phi) is 3.98. The topological polar surface area (TPSA) is 18.5 Å². The Hall–Kier alpha value is -1.70. The molecule has 1 rings (SSSR count). The van der Waals surface area contributed by atoms with Gasteiger partial charge in [0.15, 0.2) is 11.5 Å². The van der Waals surface area contributed by atoms with Crippen LogP contribution in [0.3, 0.4) is 0 Å². The maximum Gasteiger partial charge on any atom is 0.172 e. The molecule has 0 aromatic heterocycles. The Labute approximate surface area is 90.8 Å². The van der Waals surface area contributed by atoms with E-state index >= 15 is 0 Å². The number of hydrogen-bond donors (Lipinski definition) is 0. The van der Waals surface area contributed by atoms with Crippen molar-refractivity contribution in [3.8, 4) is 11.5 Å². The second-order valence-electron chi connectivity index (χ2n) is 3.18. The Balaban J connectivity index is 3.26. The van der Waals surface area contributed by atoms with Crippen LogP contribution in [0.5, 0.6) is 11.5 Å². The second kappa shape index (κ2) is 5.25. The highest BCUT2D eigenvalue weighted by Crippen LogP contribution is 2.35. The van der Waals surface area contributed by atoms with Gasteiger partial charge in [0.1, 0.15) is 0 Å². The largest absolute Gasteiger partial charge is 0.493 e. The van der Waals surface area contributed by atoms with Crippen molar-refractivity contribution in [3.63, 3.8) is 0 Å². The van der Waals surface area contributed by atoms with Gasteiger partial charge in [-0.25, -0.2) is 0 Å². The van der Waals surface area contributed by atoms with E-state index in [9.17, 15) is 0 Å². The van der Waals surface area contributed by atoms with Gasteiger partial charge in [-0.15, -0.1) is 6.58 Å². The van der Waals surface area contributed by atoms with Gasteiger partial charge in [0.2, 0.25) is 0 Å². The lowest BCUT2D eigenvalue weighted by molar-refractivity contribution is 0.374. The minimum absolute atomic E-state index is 0.729. The zero-order valence-corrected chi connectivity index (χ0v) is 9.25. The van der Waals surface area contributed by atoms with E-state index in [1.807, 2.05) is 25.1 Å². The average molecular weight is 204 g/mol. The van der Waals surface area contributed by atoms with Crippen molar-refractivity contribution in [3.05, 3.63) is 48.8 Å². The van der Waals surface area contributed by atoms with Gasteiger partial charge >= 0.3 is 0 Å². The van der Waals surface area contributed by atoms with Crippen LogP contribution in [0.1, 0.15) is 11.1 Å². The third-order valence-electron chi connectivity index (χ3n) is 2.16. The molecule has 2 nitrogen and oxygen atoms in total. The van der Waals surface area contributed by atoms with Gasteiger partial charge in [-0.3, -0.25) is 0 Å². The number of rotatable bonds is 5. The van der Waals surface area contributed by atoms with Crippen LogP contribution < -0.4 is 9.47 Å². The van der Waals surface area contributed by atoms with Crippen LogP contribution in [0, 0.1) is 6.92 Å². The van der Waals surface area contributed by atoms with Crippen LogP contribution in [-0.2, 0) is 6.42 Å². The number of ether oxygens (including phenoxy) is 2. The molecule has 80 valence electrons. The van der Waals surface area contributed by atoms with Crippen LogP contribution in [0.4, 0.5) is 0 Å². The van der Waals surface area contributed by atoms with Crippen molar-refractivity contribution in [2.24, 2.45) is 0 Å². The lowest BCUT2D eigenvalue weighted by atomic mass is 10.1. The molecule has 0 saturated heterocycles. The Bertz CT molecular complexity index is 367.